The summed E-state index contributed by atoms with van der Waals surface area (Å²) >= 11 is 0. The van der Waals surface area contributed by atoms with E-state index in [-0.39, 0.29) is 30.6 Å². The van der Waals surface area contributed by atoms with E-state index in [1.807, 2.05) is 0 Å². The Morgan fingerprint density at radius 2 is 2.21 bits per heavy atom. The molecule has 0 aromatic carbocycles. The molecule has 0 radical (unpaired) electrons. The molecule has 5 heteroatoms. The lowest BCUT2D eigenvalue weighted by molar-refractivity contribution is -0.137. The molecule has 1 aliphatic rings. The standard InChI is InChI=1S/C14H24N2O3/c1-4-8-16(10-12(17)18)13(19)15-11-6-5-7-14(2,3)9-11/h4,11H,1,5-10H2,2-3H3,(H,15,19)(H,17,18). The fourth-order valence-corrected chi connectivity index (χ4v) is 2.63. The van der Waals surface area contributed by atoms with Gasteiger partial charge in [0, 0.05) is 12.6 Å². The lowest BCUT2D eigenvalue weighted by Crippen LogP contribution is -2.48. The Morgan fingerprint density at radius 3 is 2.74 bits per heavy atom. The first-order valence-corrected chi connectivity index (χ1v) is 6.72. The van der Waals surface area contributed by atoms with Crippen LogP contribution in [0.2, 0.25) is 0 Å². The third-order valence-corrected chi connectivity index (χ3v) is 3.50. The normalized spacial score (nSPS) is 21.5. The van der Waals surface area contributed by atoms with Gasteiger partial charge in [-0.2, -0.15) is 0 Å². The van der Waals surface area contributed by atoms with E-state index in [4.69, 9.17) is 5.11 Å². The molecule has 0 bridgehead atoms. The van der Waals surface area contributed by atoms with Gasteiger partial charge in [-0.1, -0.05) is 26.3 Å². The molecule has 0 heterocycles. The number of hydrogen-bond acceptors (Lipinski definition) is 2. The number of amides is 2. The summed E-state index contributed by atoms with van der Waals surface area (Å²) < 4.78 is 0. The van der Waals surface area contributed by atoms with E-state index in [9.17, 15) is 9.59 Å². The summed E-state index contributed by atoms with van der Waals surface area (Å²) in [7, 11) is 0. The summed E-state index contributed by atoms with van der Waals surface area (Å²) in [6.07, 6.45) is 5.70. The zero-order chi connectivity index (χ0) is 14.5. The number of urea groups is 1. The molecular weight excluding hydrogens is 244 g/mol. The fourth-order valence-electron chi connectivity index (χ4n) is 2.63. The number of hydrogen-bond donors (Lipinski definition) is 2. The molecule has 0 aliphatic heterocycles. The van der Waals surface area contributed by atoms with Gasteiger partial charge in [-0.05, 0) is 24.7 Å². The molecule has 0 saturated heterocycles. The topological polar surface area (TPSA) is 69.6 Å². The van der Waals surface area contributed by atoms with Crippen LogP contribution in [0.25, 0.3) is 0 Å². The molecule has 1 aliphatic carbocycles. The molecule has 0 aromatic rings. The summed E-state index contributed by atoms with van der Waals surface area (Å²) in [5.41, 5.74) is 0.242. The largest absolute Gasteiger partial charge is 0.480 e. The van der Waals surface area contributed by atoms with E-state index in [1.54, 1.807) is 0 Å². The molecule has 0 spiro atoms. The highest BCUT2D eigenvalue weighted by atomic mass is 16.4. The van der Waals surface area contributed by atoms with Crippen molar-refractivity contribution in [1.29, 1.82) is 0 Å². The third kappa shape index (κ3) is 5.32. The zero-order valence-corrected chi connectivity index (χ0v) is 11.8. The third-order valence-electron chi connectivity index (χ3n) is 3.50. The number of carbonyl (C=O) groups is 2. The Kier molecular flexibility index (Phi) is 5.39. The van der Waals surface area contributed by atoms with Gasteiger partial charge >= 0.3 is 12.0 Å². The molecule has 1 atom stereocenters. The van der Waals surface area contributed by atoms with Crippen LogP contribution in [-0.4, -0.2) is 41.1 Å². The van der Waals surface area contributed by atoms with E-state index in [0.29, 0.717) is 0 Å². The maximum Gasteiger partial charge on any atom is 0.323 e. The molecular formula is C14H24N2O3. The first-order chi connectivity index (χ1) is 8.84. The first-order valence-electron chi connectivity index (χ1n) is 6.72. The van der Waals surface area contributed by atoms with Crippen LogP contribution in [-0.2, 0) is 4.79 Å². The molecule has 2 N–H and O–H groups in total. The van der Waals surface area contributed by atoms with Crippen molar-refractivity contribution in [2.75, 3.05) is 13.1 Å². The lowest BCUT2D eigenvalue weighted by atomic mass is 9.75. The molecule has 0 aromatic heterocycles. The lowest BCUT2D eigenvalue weighted by Gasteiger charge is -2.36. The van der Waals surface area contributed by atoms with Gasteiger partial charge in [0.05, 0.1) is 0 Å². The van der Waals surface area contributed by atoms with Crippen LogP contribution in [0.1, 0.15) is 39.5 Å². The van der Waals surface area contributed by atoms with Crippen molar-refractivity contribution in [2.24, 2.45) is 5.41 Å². The van der Waals surface area contributed by atoms with Crippen molar-refractivity contribution in [3.05, 3.63) is 12.7 Å². The Morgan fingerprint density at radius 1 is 1.53 bits per heavy atom. The van der Waals surface area contributed by atoms with Crippen LogP contribution < -0.4 is 5.32 Å². The molecule has 5 nitrogen and oxygen atoms in total. The van der Waals surface area contributed by atoms with Gasteiger partial charge in [0.25, 0.3) is 0 Å². The van der Waals surface area contributed by atoms with Crippen LogP contribution in [0.5, 0.6) is 0 Å². The number of nitrogens with zero attached hydrogens (tertiary/aromatic N) is 1. The average molecular weight is 268 g/mol. The maximum absolute atomic E-state index is 12.1. The quantitative estimate of drug-likeness (QED) is 0.751. The summed E-state index contributed by atoms with van der Waals surface area (Å²) in [4.78, 5) is 24.0. The SMILES string of the molecule is C=CCN(CC(=O)O)C(=O)NC1CCCC(C)(C)C1. The molecule has 108 valence electrons. The fraction of sp³-hybridized carbons (Fsp3) is 0.714. The number of carboxylic acids is 1. The Bertz CT molecular complexity index is 353. The molecule has 1 rings (SSSR count). The minimum Gasteiger partial charge on any atom is -0.480 e. The van der Waals surface area contributed by atoms with Gasteiger partial charge in [-0.15, -0.1) is 6.58 Å². The van der Waals surface area contributed by atoms with E-state index in [1.165, 1.54) is 17.4 Å². The maximum atomic E-state index is 12.1. The van der Waals surface area contributed by atoms with E-state index >= 15 is 0 Å². The Labute approximate surface area is 114 Å². The molecule has 2 amide bonds. The average Bonchev–Trinajstić information content (AvgIpc) is 2.26. The Balaban J connectivity index is 2.55. The van der Waals surface area contributed by atoms with Gasteiger partial charge in [-0.25, -0.2) is 4.79 Å². The van der Waals surface area contributed by atoms with Gasteiger partial charge in [0.2, 0.25) is 0 Å². The number of aliphatic carboxylic acids is 1. The Hall–Kier alpha value is -1.52. The monoisotopic (exact) mass is 268 g/mol. The summed E-state index contributed by atoms with van der Waals surface area (Å²) in [6, 6.07) is -0.178. The number of carboxylic acid groups (broad SMARTS) is 1. The van der Waals surface area contributed by atoms with Crippen molar-refractivity contribution in [3.8, 4) is 0 Å². The highest BCUT2D eigenvalue weighted by Crippen LogP contribution is 2.35. The number of carbonyl (C=O) groups excluding carboxylic acids is 1. The van der Waals surface area contributed by atoms with Crippen LogP contribution in [0.3, 0.4) is 0 Å². The van der Waals surface area contributed by atoms with Crippen molar-refractivity contribution in [3.63, 3.8) is 0 Å². The van der Waals surface area contributed by atoms with Gasteiger partial charge in [0.15, 0.2) is 0 Å². The van der Waals surface area contributed by atoms with Crippen LogP contribution in [0, 0.1) is 5.41 Å². The van der Waals surface area contributed by atoms with Crippen molar-refractivity contribution in [1.82, 2.24) is 10.2 Å². The van der Waals surface area contributed by atoms with Gasteiger partial charge in [-0.3, -0.25) is 4.79 Å². The highest BCUT2D eigenvalue weighted by molar-refractivity contribution is 5.80. The first kappa shape index (κ1) is 15.5. The van der Waals surface area contributed by atoms with Crippen molar-refractivity contribution < 1.29 is 14.7 Å². The smallest absolute Gasteiger partial charge is 0.323 e. The van der Waals surface area contributed by atoms with Crippen molar-refractivity contribution in [2.45, 2.75) is 45.6 Å². The molecule has 1 saturated carbocycles. The van der Waals surface area contributed by atoms with Gasteiger partial charge in [0.1, 0.15) is 6.54 Å². The minimum absolute atomic E-state index is 0.136. The molecule has 1 fully saturated rings. The van der Waals surface area contributed by atoms with Crippen LogP contribution in [0.15, 0.2) is 12.7 Å². The minimum atomic E-state index is -1.01. The second kappa shape index (κ2) is 6.59. The summed E-state index contributed by atoms with van der Waals surface area (Å²) in [6.45, 7) is 7.89. The van der Waals surface area contributed by atoms with Gasteiger partial charge < -0.3 is 15.3 Å². The van der Waals surface area contributed by atoms with E-state index in [0.717, 1.165) is 19.3 Å². The van der Waals surface area contributed by atoms with Crippen molar-refractivity contribution >= 4 is 12.0 Å². The number of nitrogens with one attached hydrogen (secondary N) is 1. The van der Waals surface area contributed by atoms with Crippen LogP contribution >= 0.6 is 0 Å². The second-order valence-electron chi connectivity index (χ2n) is 5.97. The molecule has 19 heavy (non-hydrogen) atoms. The summed E-state index contributed by atoms with van der Waals surface area (Å²) in [5, 5.41) is 11.7. The summed E-state index contributed by atoms with van der Waals surface area (Å²) in [5.74, 6) is -1.01. The predicted molar refractivity (Wildman–Crippen MR) is 74.0 cm³/mol. The van der Waals surface area contributed by atoms with E-state index in [2.05, 4.69) is 25.7 Å². The zero-order valence-electron chi connectivity index (χ0n) is 11.8. The van der Waals surface area contributed by atoms with E-state index < -0.39 is 5.97 Å². The second-order valence-corrected chi connectivity index (χ2v) is 5.97. The highest BCUT2D eigenvalue weighted by Gasteiger charge is 2.29. The van der Waals surface area contributed by atoms with Crippen LogP contribution in [0.4, 0.5) is 4.79 Å². The number of rotatable bonds is 5. The molecule has 1 unspecified atom stereocenters. The predicted octanol–water partition coefficient (Wildman–Crippen LogP) is 2.24.